The van der Waals surface area contributed by atoms with Crippen LogP contribution in [0, 0.1) is 17.8 Å². The van der Waals surface area contributed by atoms with E-state index in [-0.39, 0.29) is 35.0 Å². The number of ether oxygens (including phenoxy) is 3. The first-order valence-electron chi connectivity index (χ1n) is 8.68. The van der Waals surface area contributed by atoms with Crippen LogP contribution in [-0.4, -0.2) is 23.7 Å². The van der Waals surface area contributed by atoms with Crippen molar-refractivity contribution in [1.82, 2.24) is 0 Å². The van der Waals surface area contributed by atoms with Crippen molar-refractivity contribution in [2.75, 3.05) is 6.35 Å². The third-order valence-electron chi connectivity index (χ3n) is 5.03. The van der Waals surface area contributed by atoms with Gasteiger partial charge in [0.25, 0.3) is 11.7 Å². The van der Waals surface area contributed by atoms with E-state index < -0.39 is 14.0 Å². The Morgan fingerprint density at radius 3 is 2.84 bits per heavy atom. The van der Waals surface area contributed by atoms with Gasteiger partial charge in [0.15, 0.2) is 11.5 Å². The number of phenolic OH excluding ortho intramolecular Hbond substituents is 1. The quantitative estimate of drug-likeness (QED) is 0.490. The molecular formula is C18H24O6P+. The Kier molecular flexibility index (Phi) is 5.19. The molecule has 25 heavy (non-hydrogen) atoms. The fraction of sp³-hybridized carbons (Fsp3) is 0.611. The van der Waals surface area contributed by atoms with Gasteiger partial charge in [-0.1, -0.05) is 31.8 Å². The predicted molar refractivity (Wildman–Crippen MR) is 93.1 cm³/mol. The van der Waals surface area contributed by atoms with Crippen LogP contribution in [0.3, 0.4) is 0 Å². The average Bonchev–Trinajstić information content (AvgIpc) is 2.88. The molecule has 1 N–H and O–H groups in total. The normalized spacial score (nSPS) is 26.9. The molecule has 0 spiro atoms. The van der Waals surface area contributed by atoms with Crippen molar-refractivity contribution >= 4 is 19.3 Å². The molecule has 136 valence electrons. The highest BCUT2D eigenvalue weighted by molar-refractivity contribution is 7.54. The Morgan fingerprint density at radius 1 is 1.36 bits per heavy atom. The van der Waals surface area contributed by atoms with Gasteiger partial charge in [-0.15, -0.1) is 0 Å². The molecule has 1 fully saturated rings. The van der Waals surface area contributed by atoms with Crippen molar-refractivity contribution in [3.63, 3.8) is 0 Å². The minimum Gasteiger partial charge on any atom is -0.503 e. The predicted octanol–water partition coefficient (Wildman–Crippen LogP) is 4.17. The number of hydrogen-bond acceptors (Lipinski definition) is 6. The molecule has 1 aromatic carbocycles. The molecule has 1 heterocycles. The number of benzene rings is 1. The maximum Gasteiger partial charge on any atom is 0.514 e. The van der Waals surface area contributed by atoms with Crippen molar-refractivity contribution in [2.45, 2.75) is 46.1 Å². The fourth-order valence-electron chi connectivity index (χ4n) is 3.68. The molecule has 1 aromatic rings. The summed E-state index contributed by atoms with van der Waals surface area (Å²) in [6.07, 6.45) is 2.10. The maximum atomic E-state index is 12.2. The van der Waals surface area contributed by atoms with E-state index in [1.165, 1.54) is 12.1 Å². The number of rotatable bonds is 3. The number of phenols is 1. The van der Waals surface area contributed by atoms with Gasteiger partial charge in [-0.25, -0.2) is 4.79 Å². The molecule has 0 amide bonds. The van der Waals surface area contributed by atoms with Crippen molar-refractivity contribution in [3.8, 4) is 17.2 Å². The lowest BCUT2D eigenvalue weighted by Gasteiger charge is -2.36. The van der Waals surface area contributed by atoms with Crippen molar-refractivity contribution < 1.29 is 28.7 Å². The van der Waals surface area contributed by atoms with E-state index >= 15 is 0 Å². The zero-order valence-corrected chi connectivity index (χ0v) is 15.6. The molecule has 0 bridgehead atoms. The first kappa shape index (κ1) is 18.0. The van der Waals surface area contributed by atoms with Crippen LogP contribution in [0.5, 0.6) is 17.2 Å². The minimum atomic E-state index is -1.76. The van der Waals surface area contributed by atoms with Gasteiger partial charge >= 0.3 is 14.0 Å². The number of fused-ring (bicyclic) bond motifs is 1. The van der Waals surface area contributed by atoms with Crippen LogP contribution in [0.2, 0.25) is 0 Å². The first-order chi connectivity index (χ1) is 11.8. The van der Waals surface area contributed by atoms with Gasteiger partial charge in [-0.2, -0.15) is 0 Å². The topological polar surface area (TPSA) is 82.1 Å². The number of aromatic hydroxyl groups is 1. The van der Waals surface area contributed by atoms with Gasteiger partial charge in [-0.05, 0) is 30.6 Å². The van der Waals surface area contributed by atoms with Crippen LogP contribution in [0.15, 0.2) is 12.1 Å². The number of hydrogen-bond donors (Lipinski definition) is 1. The van der Waals surface area contributed by atoms with Crippen LogP contribution < -0.4 is 14.8 Å². The summed E-state index contributed by atoms with van der Waals surface area (Å²) in [5, 5.41) is 10.2. The summed E-state index contributed by atoms with van der Waals surface area (Å²) in [6, 6.07) is 2.73. The van der Waals surface area contributed by atoms with Gasteiger partial charge < -0.3 is 19.3 Å². The monoisotopic (exact) mass is 367 g/mol. The van der Waals surface area contributed by atoms with Crippen LogP contribution in [0.4, 0.5) is 4.79 Å². The van der Waals surface area contributed by atoms with E-state index in [4.69, 9.17) is 14.2 Å². The standard InChI is InChI=1S/C18H23O6P/c1-10(2)13-5-4-11(3)6-15(13)24-18(20)23-12-7-14(19)17-16(8-12)22-9-25(17)21/h7-8,10-11,13,15H,4-6,9H2,1-3H3/p+1. The van der Waals surface area contributed by atoms with Gasteiger partial charge in [-0.3, -0.25) is 0 Å². The second kappa shape index (κ2) is 7.20. The Hall–Kier alpha value is -1.81. The highest BCUT2D eigenvalue weighted by Gasteiger charge is 2.38. The second-order valence-electron chi connectivity index (χ2n) is 7.28. The van der Waals surface area contributed by atoms with E-state index in [2.05, 4.69) is 20.8 Å². The van der Waals surface area contributed by atoms with Crippen molar-refractivity contribution in [3.05, 3.63) is 12.1 Å². The highest BCUT2D eigenvalue weighted by atomic mass is 31.1. The maximum absolute atomic E-state index is 12.2. The molecule has 7 heteroatoms. The summed E-state index contributed by atoms with van der Waals surface area (Å²) in [4.78, 5) is 12.2. The third-order valence-corrected chi connectivity index (χ3v) is 6.34. The average molecular weight is 367 g/mol. The summed E-state index contributed by atoms with van der Waals surface area (Å²) >= 11 is 0. The summed E-state index contributed by atoms with van der Waals surface area (Å²) in [6.45, 7) is 6.44. The molecule has 1 aliphatic carbocycles. The molecular weight excluding hydrogens is 343 g/mol. The van der Waals surface area contributed by atoms with Crippen molar-refractivity contribution in [2.24, 2.45) is 17.8 Å². The smallest absolute Gasteiger partial charge is 0.503 e. The Balaban J connectivity index is 1.68. The van der Waals surface area contributed by atoms with Crippen LogP contribution in [0.1, 0.15) is 40.0 Å². The third kappa shape index (κ3) is 3.90. The largest absolute Gasteiger partial charge is 0.514 e. The summed E-state index contributed by atoms with van der Waals surface area (Å²) < 4.78 is 27.8. The Morgan fingerprint density at radius 2 is 2.12 bits per heavy atom. The van der Waals surface area contributed by atoms with Gasteiger partial charge in [0, 0.05) is 12.1 Å². The molecule has 0 aromatic heterocycles. The summed E-state index contributed by atoms with van der Waals surface area (Å²) in [5.74, 6) is 1.49. The molecule has 3 rings (SSSR count). The molecule has 4 unspecified atom stereocenters. The Bertz CT molecular complexity index is 686. The van der Waals surface area contributed by atoms with E-state index in [1.54, 1.807) is 0 Å². The lowest BCUT2D eigenvalue weighted by Crippen LogP contribution is -2.36. The summed E-state index contributed by atoms with van der Waals surface area (Å²) in [5.41, 5.74) is 0. The van der Waals surface area contributed by atoms with E-state index in [1.807, 2.05) is 0 Å². The second-order valence-corrected chi connectivity index (χ2v) is 8.74. The molecule has 1 aliphatic heterocycles. The van der Waals surface area contributed by atoms with Crippen LogP contribution in [0.25, 0.3) is 0 Å². The molecule has 1 saturated carbocycles. The van der Waals surface area contributed by atoms with E-state index in [0.29, 0.717) is 17.8 Å². The molecule has 0 saturated heterocycles. The molecule has 6 nitrogen and oxygen atoms in total. The SMILES string of the molecule is CC1CCC(C(C)C)C(OC(=O)Oc2cc(O)c3c(c2)OC[P+]3=O)C1. The summed E-state index contributed by atoms with van der Waals surface area (Å²) in [7, 11) is -1.76. The van der Waals surface area contributed by atoms with Crippen LogP contribution >= 0.6 is 7.80 Å². The van der Waals surface area contributed by atoms with E-state index in [0.717, 1.165) is 19.3 Å². The first-order valence-corrected chi connectivity index (χ1v) is 10.1. The molecule has 4 atom stereocenters. The van der Waals surface area contributed by atoms with E-state index in [9.17, 15) is 14.5 Å². The van der Waals surface area contributed by atoms with Crippen molar-refractivity contribution in [1.29, 1.82) is 0 Å². The molecule has 0 radical (unpaired) electrons. The van der Waals surface area contributed by atoms with Gasteiger partial charge in [0.05, 0.1) is 0 Å². The van der Waals surface area contributed by atoms with Crippen LogP contribution in [-0.2, 0) is 9.30 Å². The fourth-order valence-corrected chi connectivity index (χ4v) is 4.76. The number of carbonyl (C=O) groups is 1. The van der Waals surface area contributed by atoms with Gasteiger partial charge in [0.2, 0.25) is 0 Å². The lowest BCUT2D eigenvalue weighted by atomic mass is 9.75. The molecule has 2 aliphatic rings. The van der Waals surface area contributed by atoms with Gasteiger partial charge in [0.1, 0.15) is 11.9 Å². The zero-order valence-electron chi connectivity index (χ0n) is 14.7. The zero-order chi connectivity index (χ0) is 18.1. The highest BCUT2D eigenvalue weighted by Crippen LogP contribution is 2.41. The number of carbonyl (C=O) groups excluding carboxylic acids is 1. The lowest BCUT2D eigenvalue weighted by molar-refractivity contribution is -0.0136. The minimum absolute atomic E-state index is 0.0299. The Labute approximate surface area is 148 Å².